The SMILES string of the molecule is C[SiH](OCCCCCCOCC1CO1)OCCCCCCOCC1CO1. The quantitative estimate of drug-likeness (QED) is 0.181. The lowest BCUT2D eigenvalue weighted by atomic mass is 10.2. The van der Waals surface area contributed by atoms with Crippen LogP contribution in [0.25, 0.3) is 0 Å². The molecule has 26 heavy (non-hydrogen) atoms. The molecule has 0 aromatic rings. The zero-order valence-corrected chi connectivity index (χ0v) is 17.6. The van der Waals surface area contributed by atoms with E-state index in [0.717, 1.165) is 78.5 Å². The van der Waals surface area contributed by atoms with Crippen molar-refractivity contribution < 1.29 is 27.8 Å². The van der Waals surface area contributed by atoms with Gasteiger partial charge in [0, 0.05) is 26.4 Å². The van der Waals surface area contributed by atoms with Crippen LogP contribution in [0.1, 0.15) is 51.4 Å². The van der Waals surface area contributed by atoms with Crippen LogP contribution in [0.15, 0.2) is 0 Å². The molecule has 2 unspecified atom stereocenters. The molecule has 6 nitrogen and oxygen atoms in total. The molecule has 7 heteroatoms. The van der Waals surface area contributed by atoms with Crippen molar-refractivity contribution in [2.45, 2.75) is 70.1 Å². The van der Waals surface area contributed by atoms with Crippen molar-refractivity contribution in [2.24, 2.45) is 0 Å². The lowest BCUT2D eigenvalue weighted by Crippen LogP contribution is -2.20. The van der Waals surface area contributed by atoms with Gasteiger partial charge < -0.3 is 27.8 Å². The Morgan fingerprint density at radius 2 is 1.04 bits per heavy atom. The van der Waals surface area contributed by atoms with Gasteiger partial charge in [0.1, 0.15) is 12.2 Å². The van der Waals surface area contributed by atoms with Gasteiger partial charge in [-0.05, 0) is 32.2 Å². The van der Waals surface area contributed by atoms with E-state index in [4.69, 9.17) is 27.8 Å². The first-order valence-corrected chi connectivity index (χ1v) is 12.6. The Morgan fingerprint density at radius 3 is 1.42 bits per heavy atom. The fraction of sp³-hybridized carbons (Fsp3) is 1.00. The molecular weight excluding hydrogens is 352 g/mol. The normalized spacial score (nSPS) is 22.5. The molecule has 2 aliphatic heterocycles. The van der Waals surface area contributed by atoms with Gasteiger partial charge in [-0.15, -0.1) is 0 Å². The molecule has 0 aliphatic carbocycles. The second kappa shape index (κ2) is 15.0. The summed E-state index contributed by atoms with van der Waals surface area (Å²) in [5, 5.41) is 0. The summed E-state index contributed by atoms with van der Waals surface area (Å²) in [5.74, 6) is 0. The first kappa shape index (κ1) is 22.3. The fourth-order valence-electron chi connectivity index (χ4n) is 2.62. The van der Waals surface area contributed by atoms with Gasteiger partial charge in [0.2, 0.25) is 0 Å². The third-order valence-electron chi connectivity index (χ3n) is 4.48. The molecule has 154 valence electrons. The Hall–Kier alpha value is -0.0231. The van der Waals surface area contributed by atoms with Crippen LogP contribution in [-0.2, 0) is 27.8 Å². The molecular formula is C19H38O6Si. The largest absolute Gasteiger partial charge is 0.397 e. The van der Waals surface area contributed by atoms with Crippen molar-refractivity contribution in [3.05, 3.63) is 0 Å². The Kier molecular flexibility index (Phi) is 12.8. The highest BCUT2D eigenvalue weighted by atomic mass is 28.3. The minimum Gasteiger partial charge on any atom is -0.397 e. The maximum Gasteiger partial charge on any atom is 0.318 e. The third-order valence-corrected chi connectivity index (χ3v) is 5.89. The number of hydrogen-bond donors (Lipinski definition) is 0. The molecule has 0 aromatic carbocycles. The molecule has 2 rings (SSSR count). The summed E-state index contributed by atoms with van der Waals surface area (Å²) in [5.41, 5.74) is 0. The molecule has 2 atom stereocenters. The molecule has 0 N–H and O–H groups in total. The smallest absolute Gasteiger partial charge is 0.318 e. The van der Waals surface area contributed by atoms with Crippen LogP contribution in [0.4, 0.5) is 0 Å². The van der Waals surface area contributed by atoms with Crippen LogP contribution < -0.4 is 0 Å². The van der Waals surface area contributed by atoms with E-state index in [1.54, 1.807) is 0 Å². The molecule has 2 fully saturated rings. The Bertz CT molecular complexity index is 295. The lowest BCUT2D eigenvalue weighted by molar-refractivity contribution is 0.112. The highest BCUT2D eigenvalue weighted by Crippen LogP contribution is 2.10. The van der Waals surface area contributed by atoms with Gasteiger partial charge >= 0.3 is 9.28 Å². The third kappa shape index (κ3) is 14.1. The van der Waals surface area contributed by atoms with Gasteiger partial charge in [-0.25, -0.2) is 0 Å². The predicted octanol–water partition coefficient (Wildman–Crippen LogP) is 2.82. The Morgan fingerprint density at radius 1 is 0.654 bits per heavy atom. The number of hydrogen-bond acceptors (Lipinski definition) is 6. The standard InChI is InChI=1S/C19H38O6Si/c1-26(24-12-8-4-2-6-10-20-14-18-16-22-18)25-13-9-5-3-7-11-21-15-19-17-23-19/h18-19,26H,2-17H2,1H3. The number of epoxide rings is 2. The average molecular weight is 391 g/mol. The van der Waals surface area contributed by atoms with E-state index in [0.29, 0.717) is 12.2 Å². The highest BCUT2D eigenvalue weighted by molar-refractivity contribution is 6.42. The van der Waals surface area contributed by atoms with Crippen LogP contribution >= 0.6 is 0 Å². The monoisotopic (exact) mass is 390 g/mol. The van der Waals surface area contributed by atoms with Gasteiger partial charge in [-0.2, -0.15) is 0 Å². The van der Waals surface area contributed by atoms with Crippen molar-refractivity contribution in [3.8, 4) is 0 Å². The second-order valence-corrected chi connectivity index (χ2v) is 9.00. The summed E-state index contributed by atoms with van der Waals surface area (Å²) in [6.45, 7) is 8.83. The van der Waals surface area contributed by atoms with E-state index < -0.39 is 9.28 Å². The van der Waals surface area contributed by atoms with Crippen molar-refractivity contribution in [3.63, 3.8) is 0 Å². The van der Waals surface area contributed by atoms with Crippen LogP contribution in [0.2, 0.25) is 6.55 Å². The topological polar surface area (TPSA) is 62.0 Å². The van der Waals surface area contributed by atoms with E-state index in [2.05, 4.69) is 6.55 Å². The number of unbranched alkanes of at least 4 members (excludes halogenated alkanes) is 6. The predicted molar refractivity (Wildman–Crippen MR) is 103 cm³/mol. The van der Waals surface area contributed by atoms with Crippen molar-refractivity contribution >= 4 is 9.28 Å². The maximum atomic E-state index is 5.83. The van der Waals surface area contributed by atoms with Crippen LogP contribution in [0.3, 0.4) is 0 Å². The van der Waals surface area contributed by atoms with E-state index in [9.17, 15) is 0 Å². The molecule has 0 saturated carbocycles. The fourth-order valence-corrected chi connectivity index (χ4v) is 3.72. The van der Waals surface area contributed by atoms with Crippen LogP contribution in [0, 0.1) is 0 Å². The van der Waals surface area contributed by atoms with Crippen molar-refractivity contribution in [1.29, 1.82) is 0 Å². The molecule has 0 bridgehead atoms. The van der Waals surface area contributed by atoms with E-state index in [-0.39, 0.29) is 0 Å². The molecule has 0 radical (unpaired) electrons. The molecule has 2 aliphatic rings. The van der Waals surface area contributed by atoms with Crippen molar-refractivity contribution in [2.75, 3.05) is 52.9 Å². The maximum absolute atomic E-state index is 5.83. The van der Waals surface area contributed by atoms with Gasteiger partial charge in [-0.1, -0.05) is 25.7 Å². The van der Waals surface area contributed by atoms with Gasteiger partial charge in [0.25, 0.3) is 0 Å². The van der Waals surface area contributed by atoms with E-state index >= 15 is 0 Å². The molecule has 0 amide bonds. The minimum atomic E-state index is -1.43. The van der Waals surface area contributed by atoms with Gasteiger partial charge in [0.15, 0.2) is 0 Å². The van der Waals surface area contributed by atoms with Gasteiger partial charge in [-0.3, -0.25) is 0 Å². The lowest BCUT2D eigenvalue weighted by Gasteiger charge is -2.12. The highest BCUT2D eigenvalue weighted by Gasteiger charge is 2.22. The minimum absolute atomic E-state index is 0.386. The van der Waals surface area contributed by atoms with Crippen LogP contribution in [-0.4, -0.2) is 74.3 Å². The average Bonchev–Trinajstić information content (AvgIpc) is 3.53. The summed E-state index contributed by atoms with van der Waals surface area (Å²) < 4.78 is 32.9. The molecule has 0 aromatic heterocycles. The van der Waals surface area contributed by atoms with Crippen LogP contribution in [0.5, 0.6) is 0 Å². The molecule has 2 saturated heterocycles. The Labute approximate surface area is 160 Å². The zero-order valence-electron chi connectivity index (χ0n) is 16.5. The first-order chi connectivity index (χ1) is 12.8. The Balaban J connectivity index is 1.20. The first-order valence-electron chi connectivity index (χ1n) is 10.5. The summed E-state index contributed by atoms with van der Waals surface area (Å²) in [4.78, 5) is 0. The molecule has 2 heterocycles. The summed E-state index contributed by atoms with van der Waals surface area (Å²) in [6, 6.07) is 0. The van der Waals surface area contributed by atoms with E-state index in [1.807, 2.05) is 0 Å². The van der Waals surface area contributed by atoms with Crippen molar-refractivity contribution in [1.82, 2.24) is 0 Å². The summed E-state index contributed by atoms with van der Waals surface area (Å²) in [7, 11) is -1.43. The summed E-state index contributed by atoms with van der Waals surface area (Å²) >= 11 is 0. The number of rotatable bonds is 20. The van der Waals surface area contributed by atoms with Gasteiger partial charge in [0.05, 0.1) is 26.4 Å². The zero-order chi connectivity index (χ0) is 18.3. The summed E-state index contributed by atoms with van der Waals surface area (Å²) in [6.07, 6.45) is 10.1. The van der Waals surface area contributed by atoms with E-state index in [1.165, 1.54) is 25.7 Å². The molecule has 0 spiro atoms. The number of ether oxygens (including phenoxy) is 4. The second-order valence-electron chi connectivity index (χ2n) is 7.20.